The number of likely N-dealkylation sites (N-methyl/N-ethyl adjacent to an activating group) is 1. The molecule has 0 radical (unpaired) electrons. The molecule has 1 aliphatic heterocycles. The van der Waals surface area contributed by atoms with Crippen molar-refractivity contribution in [2.45, 2.75) is 13.8 Å². The summed E-state index contributed by atoms with van der Waals surface area (Å²) in [7, 11) is 3.03. The molecule has 6 heteroatoms. The number of ether oxygens (including phenoxy) is 1. The molecule has 0 saturated heterocycles. The molecular formula is C22H25N3O3. The second-order valence-corrected chi connectivity index (χ2v) is 6.46. The summed E-state index contributed by atoms with van der Waals surface area (Å²) >= 11 is 0. The van der Waals surface area contributed by atoms with Crippen LogP contribution in [0.4, 0.5) is 11.4 Å². The first-order valence-electron chi connectivity index (χ1n) is 9.33. The van der Waals surface area contributed by atoms with Crippen LogP contribution in [0.1, 0.15) is 19.4 Å². The van der Waals surface area contributed by atoms with E-state index < -0.39 is 0 Å². The van der Waals surface area contributed by atoms with E-state index in [1.807, 2.05) is 36.4 Å². The van der Waals surface area contributed by atoms with Gasteiger partial charge in [-0.05, 0) is 44.2 Å². The first-order chi connectivity index (χ1) is 13.5. The minimum Gasteiger partial charge on any atom is -0.496 e. The van der Waals surface area contributed by atoms with Gasteiger partial charge in [0.1, 0.15) is 11.4 Å². The van der Waals surface area contributed by atoms with Crippen LogP contribution in [-0.4, -0.2) is 44.0 Å². The molecule has 2 aromatic rings. The lowest BCUT2D eigenvalue weighted by molar-refractivity contribution is -0.135. The number of carbonyl (C=O) groups excluding carboxylic acids is 2. The van der Waals surface area contributed by atoms with Gasteiger partial charge in [0.2, 0.25) is 0 Å². The number of nitrogens with one attached hydrogen (secondary N) is 1. The number of benzene rings is 2. The molecule has 1 N–H and O–H groups in total. The molecule has 0 atom stereocenters. The summed E-state index contributed by atoms with van der Waals surface area (Å²) in [6.45, 7) is 6.06. The lowest BCUT2D eigenvalue weighted by Gasteiger charge is -2.21. The Morgan fingerprint density at radius 3 is 2.21 bits per heavy atom. The number of anilines is 2. The van der Waals surface area contributed by atoms with E-state index in [0.29, 0.717) is 16.9 Å². The van der Waals surface area contributed by atoms with Crippen molar-refractivity contribution in [2.24, 2.45) is 0 Å². The first kappa shape index (κ1) is 19.5. The van der Waals surface area contributed by atoms with Gasteiger partial charge in [0.15, 0.2) is 0 Å². The molecule has 6 nitrogen and oxygen atoms in total. The van der Waals surface area contributed by atoms with Crippen LogP contribution in [0, 0.1) is 0 Å². The van der Waals surface area contributed by atoms with Gasteiger partial charge in [-0.1, -0.05) is 18.2 Å². The predicted octanol–water partition coefficient (Wildman–Crippen LogP) is 3.36. The van der Waals surface area contributed by atoms with Gasteiger partial charge in [0, 0.05) is 37.1 Å². The number of rotatable bonds is 7. The quantitative estimate of drug-likeness (QED) is 0.748. The van der Waals surface area contributed by atoms with E-state index >= 15 is 0 Å². The highest BCUT2D eigenvalue weighted by molar-refractivity contribution is 6.36. The molecule has 146 valence electrons. The Kier molecular flexibility index (Phi) is 5.68. The molecule has 0 fully saturated rings. The SMILES string of the molecule is CCN(CC)c1ccc(NC2=C(c3ccccc3OC)C(=O)N(C)C2=O)cc1. The van der Waals surface area contributed by atoms with Crippen molar-refractivity contribution in [3.05, 3.63) is 59.8 Å². The van der Waals surface area contributed by atoms with E-state index in [-0.39, 0.29) is 17.5 Å². The normalized spacial score (nSPS) is 13.9. The minimum absolute atomic E-state index is 0.257. The Balaban J connectivity index is 2.00. The highest BCUT2D eigenvalue weighted by Crippen LogP contribution is 2.34. The van der Waals surface area contributed by atoms with E-state index in [0.717, 1.165) is 29.4 Å². The van der Waals surface area contributed by atoms with Gasteiger partial charge in [-0.15, -0.1) is 0 Å². The number of hydrogen-bond acceptors (Lipinski definition) is 5. The topological polar surface area (TPSA) is 61.9 Å². The van der Waals surface area contributed by atoms with Crippen molar-refractivity contribution in [1.82, 2.24) is 4.90 Å². The average Bonchev–Trinajstić information content (AvgIpc) is 2.93. The third-order valence-corrected chi connectivity index (χ3v) is 4.93. The molecule has 0 unspecified atom stereocenters. The molecule has 2 aromatic carbocycles. The third kappa shape index (κ3) is 3.45. The molecule has 1 heterocycles. The van der Waals surface area contributed by atoms with Gasteiger partial charge in [-0.25, -0.2) is 0 Å². The van der Waals surface area contributed by atoms with E-state index in [1.54, 1.807) is 19.2 Å². The summed E-state index contributed by atoms with van der Waals surface area (Å²) in [4.78, 5) is 28.8. The molecule has 0 bridgehead atoms. The van der Waals surface area contributed by atoms with E-state index in [9.17, 15) is 9.59 Å². The maximum absolute atomic E-state index is 12.8. The Labute approximate surface area is 165 Å². The summed E-state index contributed by atoms with van der Waals surface area (Å²) in [5, 5.41) is 3.15. The highest BCUT2D eigenvalue weighted by Gasteiger charge is 2.37. The Morgan fingerprint density at radius 2 is 1.61 bits per heavy atom. The third-order valence-electron chi connectivity index (χ3n) is 4.93. The van der Waals surface area contributed by atoms with Gasteiger partial charge in [-0.2, -0.15) is 0 Å². The monoisotopic (exact) mass is 379 g/mol. The Hall–Kier alpha value is -3.28. The molecule has 0 aromatic heterocycles. The lowest BCUT2D eigenvalue weighted by Crippen LogP contribution is -2.28. The van der Waals surface area contributed by atoms with Crippen molar-refractivity contribution < 1.29 is 14.3 Å². The van der Waals surface area contributed by atoms with Crippen LogP contribution < -0.4 is 15.0 Å². The molecule has 0 saturated carbocycles. The smallest absolute Gasteiger partial charge is 0.277 e. The van der Waals surface area contributed by atoms with Gasteiger partial charge in [-0.3, -0.25) is 14.5 Å². The van der Waals surface area contributed by atoms with Crippen LogP contribution in [0.5, 0.6) is 5.75 Å². The number of methoxy groups -OCH3 is 1. The Morgan fingerprint density at radius 1 is 0.964 bits per heavy atom. The summed E-state index contributed by atoms with van der Waals surface area (Å²) in [6.07, 6.45) is 0. The van der Waals surface area contributed by atoms with Crippen LogP contribution in [0.15, 0.2) is 54.2 Å². The van der Waals surface area contributed by atoms with Crippen LogP contribution in [0.25, 0.3) is 5.57 Å². The molecule has 28 heavy (non-hydrogen) atoms. The maximum atomic E-state index is 12.8. The van der Waals surface area contributed by atoms with Crippen molar-refractivity contribution in [1.29, 1.82) is 0 Å². The lowest BCUT2D eigenvalue weighted by atomic mass is 10.0. The van der Waals surface area contributed by atoms with Crippen molar-refractivity contribution in [3.63, 3.8) is 0 Å². The zero-order valence-corrected chi connectivity index (χ0v) is 16.7. The average molecular weight is 379 g/mol. The number of carbonyl (C=O) groups is 2. The zero-order valence-electron chi connectivity index (χ0n) is 16.7. The van der Waals surface area contributed by atoms with E-state index in [4.69, 9.17) is 4.74 Å². The van der Waals surface area contributed by atoms with Gasteiger partial charge >= 0.3 is 0 Å². The molecule has 3 rings (SSSR count). The second kappa shape index (κ2) is 8.17. The van der Waals surface area contributed by atoms with E-state index in [1.165, 1.54) is 7.05 Å². The zero-order chi connectivity index (χ0) is 20.3. The Bertz CT molecular complexity index is 915. The second-order valence-electron chi connectivity index (χ2n) is 6.46. The summed E-state index contributed by atoms with van der Waals surface area (Å²) < 4.78 is 5.39. The molecule has 0 spiro atoms. The van der Waals surface area contributed by atoms with Crippen LogP contribution >= 0.6 is 0 Å². The van der Waals surface area contributed by atoms with Gasteiger partial charge in [0.25, 0.3) is 11.8 Å². The fourth-order valence-corrected chi connectivity index (χ4v) is 3.35. The van der Waals surface area contributed by atoms with Crippen LogP contribution in [0.2, 0.25) is 0 Å². The van der Waals surface area contributed by atoms with Crippen molar-refractivity contribution in [2.75, 3.05) is 37.5 Å². The fraction of sp³-hybridized carbons (Fsp3) is 0.273. The van der Waals surface area contributed by atoms with Crippen molar-refractivity contribution >= 4 is 28.8 Å². The summed E-state index contributed by atoms with van der Waals surface area (Å²) in [5.74, 6) is -0.166. The molecular weight excluding hydrogens is 354 g/mol. The number of nitrogens with zero attached hydrogens (tertiary/aromatic N) is 2. The largest absolute Gasteiger partial charge is 0.496 e. The molecule has 1 aliphatic rings. The number of imide groups is 1. The highest BCUT2D eigenvalue weighted by atomic mass is 16.5. The number of hydrogen-bond donors (Lipinski definition) is 1. The minimum atomic E-state index is -0.362. The maximum Gasteiger partial charge on any atom is 0.277 e. The van der Waals surface area contributed by atoms with Crippen molar-refractivity contribution in [3.8, 4) is 5.75 Å². The molecule has 0 aliphatic carbocycles. The van der Waals surface area contributed by atoms with Crippen LogP contribution in [-0.2, 0) is 9.59 Å². The standard InChI is InChI=1S/C22H25N3O3/c1-5-25(6-2)16-13-11-15(12-14-16)23-20-19(21(26)24(3)22(20)27)17-9-7-8-10-18(17)28-4/h7-14,23H,5-6H2,1-4H3. The number of amides is 2. The summed E-state index contributed by atoms with van der Waals surface area (Å²) in [5.41, 5.74) is 3.02. The first-order valence-corrected chi connectivity index (χ1v) is 9.33. The predicted molar refractivity (Wildman–Crippen MR) is 111 cm³/mol. The van der Waals surface area contributed by atoms with Gasteiger partial charge < -0.3 is 15.0 Å². The van der Waals surface area contributed by atoms with Crippen LogP contribution in [0.3, 0.4) is 0 Å². The van der Waals surface area contributed by atoms with E-state index in [2.05, 4.69) is 24.1 Å². The molecule has 2 amide bonds. The fourth-order valence-electron chi connectivity index (χ4n) is 3.35. The van der Waals surface area contributed by atoms with Gasteiger partial charge in [0.05, 0.1) is 12.7 Å². The summed E-state index contributed by atoms with van der Waals surface area (Å²) in [6, 6.07) is 15.0. The number of para-hydroxylation sites is 1.